The molecule has 2 aliphatic heterocycles. The molecule has 1 atom stereocenters. The molecule has 1 aromatic rings. The lowest BCUT2D eigenvalue weighted by Gasteiger charge is -2.37. The Balaban J connectivity index is 1.69. The van der Waals surface area contributed by atoms with E-state index in [0.29, 0.717) is 28.9 Å². The van der Waals surface area contributed by atoms with Gasteiger partial charge in [-0.1, -0.05) is 0 Å². The summed E-state index contributed by atoms with van der Waals surface area (Å²) in [6.45, 7) is 5.22. The SMILES string of the molecule is COc1ccc(C(=O)CC(=O)C2=C3C=C4CC(C)(C)OC=C4C(=O)C3(C)OC2=O)cc1. The minimum absolute atomic E-state index is 0.208. The number of esters is 1. The van der Waals surface area contributed by atoms with Crippen LogP contribution in [0.4, 0.5) is 0 Å². The van der Waals surface area contributed by atoms with Crippen molar-refractivity contribution < 1.29 is 33.4 Å². The molecule has 1 aromatic carbocycles. The second-order valence-electron chi connectivity index (χ2n) is 8.55. The summed E-state index contributed by atoms with van der Waals surface area (Å²) < 4.78 is 16.0. The average molecular weight is 422 g/mol. The minimum Gasteiger partial charge on any atom is -0.497 e. The fourth-order valence-corrected chi connectivity index (χ4v) is 4.04. The first-order valence-corrected chi connectivity index (χ1v) is 9.88. The predicted molar refractivity (Wildman–Crippen MR) is 109 cm³/mol. The molecule has 0 amide bonds. The van der Waals surface area contributed by atoms with Crippen LogP contribution in [0.3, 0.4) is 0 Å². The number of hydrogen-bond acceptors (Lipinski definition) is 7. The zero-order valence-electron chi connectivity index (χ0n) is 17.7. The summed E-state index contributed by atoms with van der Waals surface area (Å²) in [6.07, 6.45) is 2.98. The Morgan fingerprint density at radius 2 is 1.74 bits per heavy atom. The number of methoxy groups -OCH3 is 1. The number of rotatable bonds is 5. The van der Waals surface area contributed by atoms with Gasteiger partial charge in [0.15, 0.2) is 17.2 Å². The highest BCUT2D eigenvalue weighted by Crippen LogP contribution is 2.46. The number of Topliss-reactive ketones (excluding diaryl/α,β-unsaturated/α-hetero) is 3. The third-order valence-corrected chi connectivity index (χ3v) is 5.75. The lowest BCUT2D eigenvalue weighted by atomic mass is 9.74. The van der Waals surface area contributed by atoms with Crippen molar-refractivity contribution >= 4 is 23.3 Å². The van der Waals surface area contributed by atoms with Crippen molar-refractivity contribution in [1.82, 2.24) is 0 Å². The largest absolute Gasteiger partial charge is 0.497 e. The van der Waals surface area contributed by atoms with Crippen molar-refractivity contribution in [2.75, 3.05) is 7.11 Å². The van der Waals surface area contributed by atoms with Gasteiger partial charge in [-0.25, -0.2) is 4.79 Å². The number of ketones is 3. The molecule has 2 heterocycles. The van der Waals surface area contributed by atoms with Crippen LogP contribution in [0.2, 0.25) is 0 Å². The summed E-state index contributed by atoms with van der Waals surface area (Å²) in [5, 5.41) is 0. The Morgan fingerprint density at radius 3 is 2.39 bits per heavy atom. The number of carbonyl (C=O) groups excluding carboxylic acids is 4. The second-order valence-corrected chi connectivity index (χ2v) is 8.55. The standard InChI is InChI=1S/C24H22O7/c1-23(2)11-14-9-17-20(22(28)31-24(17,3)21(27)16(14)12-30-23)19(26)10-18(25)13-5-7-15(29-4)8-6-13/h5-9,12H,10-11H2,1-4H3. The van der Waals surface area contributed by atoms with Crippen LogP contribution in [0.1, 0.15) is 44.0 Å². The monoisotopic (exact) mass is 422 g/mol. The Labute approximate surface area is 179 Å². The van der Waals surface area contributed by atoms with Gasteiger partial charge in [-0.05, 0) is 56.7 Å². The predicted octanol–water partition coefficient (Wildman–Crippen LogP) is 3.04. The summed E-state index contributed by atoms with van der Waals surface area (Å²) in [4.78, 5) is 51.3. The van der Waals surface area contributed by atoms with Crippen molar-refractivity contribution in [2.24, 2.45) is 0 Å². The van der Waals surface area contributed by atoms with Crippen molar-refractivity contribution in [1.29, 1.82) is 0 Å². The molecule has 0 N–H and O–H groups in total. The van der Waals surface area contributed by atoms with E-state index >= 15 is 0 Å². The summed E-state index contributed by atoms with van der Waals surface area (Å²) in [6, 6.07) is 6.34. The molecule has 0 saturated heterocycles. The van der Waals surface area contributed by atoms with Crippen molar-refractivity contribution in [3.05, 3.63) is 64.5 Å². The highest BCUT2D eigenvalue weighted by Gasteiger charge is 2.55. The Kier molecular flexibility index (Phi) is 4.72. The molecule has 0 bridgehead atoms. The first kappa shape index (κ1) is 20.8. The molecule has 4 rings (SSSR count). The van der Waals surface area contributed by atoms with Crippen molar-refractivity contribution in [3.63, 3.8) is 0 Å². The van der Waals surface area contributed by atoms with Crippen LogP contribution in [0.5, 0.6) is 5.75 Å². The van der Waals surface area contributed by atoms with Crippen LogP contribution in [-0.2, 0) is 23.9 Å². The van der Waals surface area contributed by atoms with E-state index < -0.39 is 40.9 Å². The van der Waals surface area contributed by atoms with E-state index in [9.17, 15) is 19.2 Å². The molecule has 7 nitrogen and oxygen atoms in total. The highest BCUT2D eigenvalue weighted by atomic mass is 16.6. The molecule has 160 valence electrons. The molecular formula is C24H22O7. The molecule has 31 heavy (non-hydrogen) atoms. The van der Waals surface area contributed by atoms with Crippen LogP contribution < -0.4 is 4.74 Å². The number of fused-ring (bicyclic) bond motifs is 2. The highest BCUT2D eigenvalue weighted by molar-refractivity contribution is 6.28. The van der Waals surface area contributed by atoms with Gasteiger partial charge in [0, 0.05) is 17.6 Å². The number of hydrogen-bond donors (Lipinski definition) is 0. The zero-order chi connectivity index (χ0) is 22.6. The Bertz CT molecular complexity index is 1120. The van der Waals surface area contributed by atoms with Crippen LogP contribution in [-0.4, -0.2) is 41.6 Å². The van der Waals surface area contributed by atoms with Gasteiger partial charge in [-0.3, -0.25) is 14.4 Å². The summed E-state index contributed by atoms with van der Waals surface area (Å²) in [7, 11) is 1.51. The van der Waals surface area contributed by atoms with Crippen LogP contribution in [0, 0.1) is 0 Å². The Morgan fingerprint density at radius 1 is 1.06 bits per heavy atom. The van der Waals surface area contributed by atoms with Crippen LogP contribution >= 0.6 is 0 Å². The molecule has 3 aliphatic rings. The van der Waals surface area contributed by atoms with E-state index in [1.54, 1.807) is 30.3 Å². The zero-order valence-corrected chi connectivity index (χ0v) is 17.7. The fraction of sp³-hybridized carbons (Fsp3) is 0.333. The second kappa shape index (κ2) is 7.04. The quantitative estimate of drug-likeness (QED) is 0.311. The fourth-order valence-electron chi connectivity index (χ4n) is 4.04. The van der Waals surface area contributed by atoms with Gasteiger partial charge in [0.25, 0.3) is 0 Å². The van der Waals surface area contributed by atoms with Gasteiger partial charge < -0.3 is 14.2 Å². The number of ether oxygens (including phenoxy) is 3. The lowest BCUT2D eigenvalue weighted by molar-refractivity contribution is -0.153. The molecule has 0 radical (unpaired) electrons. The van der Waals surface area contributed by atoms with Crippen LogP contribution in [0.25, 0.3) is 0 Å². The molecule has 0 saturated carbocycles. The molecule has 0 aromatic heterocycles. The summed E-state index contributed by atoms with van der Waals surface area (Å²) in [5.74, 6) is -1.86. The van der Waals surface area contributed by atoms with E-state index in [-0.39, 0.29) is 11.1 Å². The average Bonchev–Trinajstić information content (AvgIpc) is 2.98. The van der Waals surface area contributed by atoms with E-state index in [4.69, 9.17) is 14.2 Å². The van der Waals surface area contributed by atoms with Gasteiger partial charge in [0.1, 0.15) is 16.9 Å². The molecule has 0 fully saturated rings. The normalized spacial score (nSPS) is 23.7. The summed E-state index contributed by atoms with van der Waals surface area (Å²) >= 11 is 0. The van der Waals surface area contributed by atoms with Gasteiger partial charge in [0.2, 0.25) is 5.78 Å². The third-order valence-electron chi connectivity index (χ3n) is 5.75. The Hall–Kier alpha value is -3.48. The van der Waals surface area contributed by atoms with Gasteiger partial charge in [-0.2, -0.15) is 0 Å². The first-order valence-electron chi connectivity index (χ1n) is 9.88. The van der Waals surface area contributed by atoms with Crippen molar-refractivity contribution in [3.8, 4) is 5.75 Å². The minimum atomic E-state index is -1.61. The molecular weight excluding hydrogens is 400 g/mol. The van der Waals surface area contributed by atoms with Gasteiger partial charge in [0.05, 0.1) is 25.4 Å². The smallest absolute Gasteiger partial charge is 0.343 e. The van der Waals surface area contributed by atoms with Gasteiger partial charge >= 0.3 is 5.97 Å². The molecule has 0 spiro atoms. The number of carbonyl (C=O) groups is 4. The van der Waals surface area contributed by atoms with E-state index in [1.807, 2.05) is 13.8 Å². The maximum absolute atomic E-state index is 13.1. The first-order chi connectivity index (χ1) is 14.6. The summed E-state index contributed by atoms with van der Waals surface area (Å²) in [5.41, 5.74) is -0.829. The topological polar surface area (TPSA) is 96.0 Å². The molecule has 1 unspecified atom stereocenters. The van der Waals surface area contributed by atoms with Crippen LogP contribution in [0.15, 0.2) is 58.9 Å². The molecule has 7 heteroatoms. The van der Waals surface area contributed by atoms with Crippen molar-refractivity contribution in [2.45, 2.75) is 44.8 Å². The maximum atomic E-state index is 13.1. The number of benzene rings is 1. The van der Waals surface area contributed by atoms with E-state index in [2.05, 4.69) is 0 Å². The maximum Gasteiger partial charge on any atom is 0.343 e. The van der Waals surface area contributed by atoms with E-state index in [0.717, 1.165) is 0 Å². The third kappa shape index (κ3) is 3.40. The lowest BCUT2D eigenvalue weighted by Crippen LogP contribution is -2.43. The molecule has 1 aliphatic carbocycles. The van der Waals surface area contributed by atoms with E-state index in [1.165, 1.54) is 20.3 Å². The van der Waals surface area contributed by atoms with Gasteiger partial charge in [-0.15, -0.1) is 0 Å².